The van der Waals surface area contributed by atoms with Crippen LogP contribution in [0.4, 0.5) is 13.2 Å². The lowest BCUT2D eigenvalue weighted by Crippen LogP contribution is -2.39. The number of benzene rings is 1. The first-order valence-corrected chi connectivity index (χ1v) is 7.50. The fourth-order valence-electron chi connectivity index (χ4n) is 1.72. The lowest BCUT2D eigenvalue weighted by molar-refractivity contribution is -0.140. The summed E-state index contributed by atoms with van der Waals surface area (Å²) in [5.41, 5.74) is 0.251. The maximum atomic E-state index is 12.4. The Morgan fingerprint density at radius 2 is 1.90 bits per heavy atom. The molecule has 1 aromatic rings. The molecule has 0 radical (unpaired) electrons. The number of hydrogen-bond acceptors (Lipinski definition) is 3. The van der Waals surface area contributed by atoms with E-state index in [0.29, 0.717) is 10.5 Å². The third-order valence-corrected chi connectivity index (χ3v) is 3.72. The number of aryl methyl sites for hydroxylation is 1. The molecule has 0 spiro atoms. The molecule has 0 saturated carbocycles. The summed E-state index contributed by atoms with van der Waals surface area (Å²) in [6.45, 7) is 1.35. The van der Waals surface area contributed by atoms with Gasteiger partial charge < -0.3 is 4.90 Å². The average Bonchev–Trinajstić information content (AvgIpc) is 2.33. The molecule has 118 valence electrons. The molecule has 21 heavy (non-hydrogen) atoms. The van der Waals surface area contributed by atoms with Gasteiger partial charge in [0.2, 0.25) is 10.0 Å². The number of rotatable bonds is 4. The number of carbonyl (C=O) groups is 1. The summed E-state index contributed by atoms with van der Waals surface area (Å²) in [4.78, 5) is 12.4. The Labute approximate surface area is 120 Å². The minimum Gasteiger partial charge on any atom is -0.330 e. The molecular weight excluding hydrogens is 309 g/mol. The van der Waals surface area contributed by atoms with Crippen LogP contribution in [-0.2, 0) is 10.0 Å². The first-order valence-electron chi connectivity index (χ1n) is 5.95. The summed E-state index contributed by atoms with van der Waals surface area (Å²) in [6.07, 6.45) is -4.53. The molecule has 1 amide bonds. The maximum Gasteiger partial charge on any atom is 0.406 e. The molecule has 0 saturated heterocycles. The SMILES string of the molecule is CCN(CC(F)(F)F)C(=O)c1cc(S(N)(=O)=O)ccc1C. The third kappa shape index (κ3) is 4.71. The van der Waals surface area contributed by atoms with Gasteiger partial charge in [0, 0.05) is 12.1 Å². The number of nitrogens with zero attached hydrogens (tertiary/aromatic N) is 1. The van der Waals surface area contributed by atoms with E-state index in [1.807, 2.05) is 0 Å². The third-order valence-electron chi connectivity index (χ3n) is 2.81. The number of primary sulfonamides is 1. The number of nitrogens with two attached hydrogens (primary N) is 1. The zero-order chi connectivity index (χ0) is 16.4. The van der Waals surface area contributed by atoms with E-state index in [2.05, 4.69) is 0 Å². The molecule has 0 fully saturated rings. The second-order valence-electron chi connectivity index (χ2n) is 4.46. The fourth-order valence-corrected chi connectivity index (χ4v) is 2.26. The van der Waals surface area contributed by atoms with Crippen molar-refractivity contribution in [1.29, 1.82) is 0 Å². The molecule has 9 heteroatoms. The van der Waals surface area contributed by atoms with Gasteiger partial charge in [0.15, 0.2) is 0 Å². The summed E-state index contributed by atoms with van der Waals surface area (Å²) in [5, 5.41) is 4.95. The summed E-state index contributed by atoms with van der Waals surface area (Å²) in [6, 6.07) is 3.52. The van der Waals surface area contributed by atoms with Crippen LogP contribution in [0.15, 0.2) is 23.1 Å². The van der Waals surface area contributed by atoms with Gasteiger partial charge >= 0.3 is 6.18 Å². The molecule has 5 nitrogen and oxygen atoms in total. The van der Waals surface area contributed by atoms with E-state index in [4.69, 9.17) is 5.14 Å². The van der Waals surface area contributed by atoms with Crippen molar-refractivity contribution >= 4 is 15.9 Å². The largest absolute Gasteiger partial charge is 0.406 e. The molecule has 0 unspecified atom stereocenters. The molecule has 0 aliphatic heterocycles. The van der Waals surface area contributed by atoms with Gasteiger partial charge in [-0.1, -0.05) is 6.07 Å². The maximum absolute atomic E-state index is 12.4. The lowest BCUT2D eigenvalue weighted by atomic mass is 10.1. The summed E-state index contributed by atoms with van der Waals surface area (Å²) in [7, 11) is -4.04. The second kappa shape index (κ2) is 6.02. The summed E-state index contributed by atoms with van der Waals surface area (Å²) < 4.78 is 59.8. The molecule has 0 aliphatic carbocycles. The van der Waals surface area contributed by atoms with Crippen LogP contribution in [0.3, 0.4) is 0 Å². The van der Waals surface area contributed by atoms with Gasteiger partial charge in [-0.05, 0) is 31.5 Å². The first-order chi connectivity index (χ1) is 9.45. The molecule has 0 aliphatic rings. The van der Waals surface area contributed by atoms with Crippen molar-refractivity contribution in [3.05, 3.63) is 29.3 Å². The average molecular weight is 324 g/mol. The predicted molar refractivity (Wildman–Crippen MR) is 70.2 cm³/mol. The number of alkyl halides is 3. The van der Waals surface area contributed by atoms with Crippen molar-refractivity contribution in [2.75, 3.05) is 13.1 Å². The van der Waals surface area contributed by atoms with Crippen molar-refractivity contribution in [2.24, 2.45) is 5.14 Å². The van der Waals surface area contributed by atoms with E-state index in [1.54, 1.807) is 0 Å². The number of hydrogen-bond donors (Lipinski definition) is 1. The van der Waals surface area contributed by atoms with Crippen molar-refractivity contribution in [2.45, 2.75) is 24.9 Å². The lowest BCUT2D eigenvalue weighted by Gasteiger charge is -2.23. The van der Waals surface area contributed by atoms with Crippen LogP contribution in [0.2, 0.25) is 0 Å². The minimum atomic E-state index is -4.53. The van der Waals surface area contributed by atoms with Gasteiger partial charge in [-0.2, -0.15) is 13.2 Å². The van der Waals surface area contributed by atoms with E-state index in [-0.39, 0.29) is 17.0 Å². The number of sulfonamides is 1. The molecule has 0 bridgehead atoms. The summed E-state index contributed by atoms with van der Waals surface area (Å²) >= 11 is 0. The van der Waals surface area contributed by atoms with E-state index in [9.17, 15) is 26.4 Å². The minimum absolute atomic E-state index is 0.118. The predicted octanol–water partition coefficient (Wildman–Crippen LogP) is 1.67. The van der Waals surface area contributed by atoms with Gasteiger partial charge in [0.25, 0.3) is 5.91 Å². The Morgan fingerprint density at radius 1 is 1.33 bits per heavy atom. The zero-order valence-corrected chi connectivity index (χ0v) is 12.3. The van der Waals surface area contributed by atoms with Crippen LogP contribution in [0.1, 0.15) is 22.8 Å². The highest BCUT2D eigenvalue weighted by Gasteiger charge is 2.33. The fraction of sp³-hybridized carbons (Fsp3) is 0.417. The van der Waals surface area contributed by atoms with E-state index < -0.39 is 28.7 Å². The number of halogens is 3. The molecular formula is C12H15F3N2O3S. The van der Waals surface area contributed by atoms with Gasteiger partial charge in [0.05, 0.1) is 4.90 Å². The summed E-state index contributed by atoms with van der Waals surface area (Å²) in [5.74, 6) is -0.891. The Balaban J connectivity index is 3.22. The van der Waals surface area contributed by atoms with Crippen LogP contribution in [0.5, 0.6) is 0 Å². The van der Waals surface area contributed by atoms with E-state index in [1.165, 1.54) is 26.0 Å². The Morgan fingerprint density at radius 3 is 2.33 bits per heavy atom. The number of amides is 1. The topological polar surface area (TPSA) is 80.5 Å². The van der Waals surface area contributed by atoms with Crippen LogP contribution in [-0.4, -0.2) is 38.5 Å². The van der Waals surface area contributed by atoms with E-state index in [0.717, 1.165) is 6.07 Å². The van der Waals surface area contributed by atoms with Gasteiger partial charge in [-0.25, -0.2) is 13.6 Å². The van der Waals surface area contributed by atoms with E-state index >= 15 is 0 Å². The van der Waals surface area contributed by atoms with Gasteiger partial charge in [-0.3, -0.25) is 4.79 Å². The highest BCUT2D eigenvalue weighted by molar-refractivity contribution is 7.89. The highest BCUT2D eigenvalue weighted by atomic mass is 32.2. The van der Waals surface area contributed by atoms with Crippen molar-refractivity contribution in [3.8, 4) is 0 Å². The first kappa shape index (κ1) is 17.4. The second-order valence-corrected chi connectivity index (χ2v) is 6.02. The smallest absolute Gasteiger partial charge is 0.330 e. The van der Waals surface area contributed by atoms with Gasteiger partial charge in [-0.15, -0.1) is 0 Å². The quantitative estimate of drug-likeness (QED) is 0.915. The molecule has 0 aromatic heterocycles. The standard InChI is InChI=1S/C12H15F3N2O3S/c1-3-17(7-12(13,14)15)11(18)10-6-9(21(16,19)20)5-4-8(10)2/h4-6H,3,7H2,1-2H3,(H2,16,19,20). The zero-order valence-electron chi connectivity index (χ0n) is 11.4. The van der Waals surface area contributed by atoms with Crippen molar-refractivity contribution in [1.82, 2.24) is 4.90 Å². The van der Waals surface area contributed by atoms with Crippen LogP contribution >= 0.6 is 0 Å². The molecule has 1 aromatic carbocycles. The molecule has 1 rings (SSSR count). The Bertz CT molecular complexity index is 642. The van der Waals surface area contributed by atoms with Crippen molar-refractivity contribution < 1.29 is 26.4 Å². The Kier molecular flexibility index (Phi) is 5.00. The Hall–Kier alpha value is -1.61. The van der Waals surface area contributed by atoms with Gasteiger partial charge in [0.1, 0.15) is 6.54 Å². The highest BCUT2D eigenvalue weighted by Crippen LogP contribution is 2.20. The molecule has 0 heterocycles. The van der Waals surface area contributed by atoms with Crippen LogP contribution in [0.25, 0.3) is 0 Å². The monoisotopic (exact) mass is 324 g/mol. The molecule has 2 N–H and O–H groups in total. The van der Waals surface area contributed by atoms with Crippen molar-refractivity contribution in [3.63, 3.8) is 0 Å². The molecule has 0 atom stereocenters. The van der Waals surface area contributed by atoms with Crippen LogP contribution < -0.4 is 5.14 Å². The normalized spacial score (nSPS) is 12.3. The van der Waals surface area contributed by atoms with Crippen LogP contribution in [0, 0.1) is 6.92 Å². The number of carbonyl (C=O) groups excluding carboxylic acids is 1.